The molecule has 0 bridgehead atoms. The first kappa shape index (κ1) is 23.5. The van der Waals surface area contributed by atoms with Crippen molar-refractivity contribution in [3.8, 4) is 0 Å². The highest BCUT2D eigenvalue weighted by Crippen LogP contribution is 2.08. The van der Waals surface area contributed by atoms with Crippen LogP contribution in [0, 0.1) is 0 Å². The van der Waals surface area contributed by atoms with Gasteiger partial charge < -0.3 is 30.5 Å². The predicted molar refractivity (Wildman–Crippen MR) is 92.6 cm³/mol. The summed E-state index contributed by atoms with van der Waals surface area (Å²) in [6, 6.07) is -2.42. The molecule has 0 aliphatic carbocycles. The Labute approximate surface area is 153 Å². The lowest BCUT2D eigenvalue weighted by Crippen LogP contribution is -2.56. The summed E-state index contributed by atoms with van der Waals surface area (Å²) >= 11 is 0. The first-order valence-corrected chi connectivity index (χ1v) is 8.10. The van der Waals surface area contributed by atoms with Crippen molar-refractivity contribution in [1.29, 1.82) is 0 Å². The number of hydrogen-bond donors (Lipinski definition) is 4. The van der Waals surface area contributed by atoms with Crippen molar-refractivity contribution in [3.63, 3.8) is 0 Å². The van der Waals surface area contributed by atoms with Gasteiger partial charge in [0.2, 0.25) is 5.91 Å². The van der Waals surface area contributed by atoms with Gasteiger partial charge in [0.15, 0.2) is 0 Å². The number of carboxylic acids is 1. The lowest BCUT2D eigenvalue weighted by Gasteiger charge is -2.25. The highest BCUT2D eigenvalue weighted by Gasteiger charge is 2.27. The van der Waals surface area contributed by atoms with Crippen LogP contribution in [0.3, 0.4) is 0 Å². The molecule has 0 saturated carbocycles. The van der Waals surface area contributed by atoms with Crippen molar-refractivity contribution in [2.45, 2.75) is 71.8 Å². The fourth-order valence-electron chi connectivity index (χ4n) is 1.53. The summed E-state index contributed by atoms with van der Waals surface area (Å²) in [7, 11) is 0. The van der Waals surface area contributed by atoms with E-state index in [9.17, 15) is 19.2 Å². The monoisotopic (exact) mass is 375 g/mol. The van der Waals surface area contributed by atoms with E-state index in [0.29, 0.717) is 0 Å². The van der Waals surface area contributed by atoms with E-state index in [-0.39, 0.29) is 6.54 Å². The second kappa shape index (κ2) is 9.25. The zero-order chi connectivity index (χ0) is 20.7. The summed E-state index contributed by atoms with van der Waals surface area (Å²) < 4.78 is 10.1. The molecule has 0 aromatic carbocycles. The normalized spacial score (nSPS) is 13.8. The Balaban J connectivity index is 4.98. The second-order valence-electron chi connectivity index (χ2n) is 7.65. The van der Waals surface area contributed by atoms with Gasteiger partial charge in [0, 0.05) is 0 Å². The highest BCUT2D eigenvalue weighted by molar-refractivity contribution is 5.89. The molecule has 26 heavy (non-hydrogen) atoms. The van der Waals surface area contributed by atoms with Crippen LogP contribution in [0.5, 0.6) is 0 Å². The first-order chi connectivity index (χ1) is 11.6. The maximum absolute atomic E-state index is 12.2. The Bertz CT molecular complexity index is 535. The number of rotatable bonds is 6. The third kappa shape index (κ3) is 11.1. The van der Waals surface area contributed by atoms with Crippen LogP contribution in [-0.4, -0.2) is 59.0 Å². The molecule has 150 valence electrons. The number of alkyl carbamates (subject to hydrolysis) is 2. The fourth-order valence-corrected chi connectivity index (χ4v) is 1.53. The third-order valence-electron chi connectivity index (χ3n) is 2.59. The van der Waals surface area contributed by atoms with Gasteiger partial charge in [-0.25, -0.2) is 9.59 Å². The van der Waals surface area contributed by atoms with Gasteiger partial charge in [0.25, 0.3) is 0 Å². The molecule has 0 aromatic rings. The molecule has 3 amide bonds. The molecule has 2 unspecified atom stereocenters. The van der Waals surface area contributed by atoms with Gasteiger partial charge in [-0.15, -0.1) is 0 Å². The SMILES string of the molecule is CC(NC(=O)C(CNC(=O)OC(C)(C)C)NC(=O)OC(C)(C)C)C(=O)O. The van der Waals surface area contributed by atoms with E-state index < -0.39 is 47.3 Å². The van der Waals surface area contributed by atoms with Crippen LogP contribution in [0.4, 0.5) is 9.59 Å². The summed E-state index contributed by atoms with van der Waals surface area (Å²) in [4.78, 5) is 46.7. The van der Waals surface area contributed by atoms with Crippen molar-refractivity contribution in [3.05, 3.63) is 0 Å². The van der Waals surface area contributed by atoms with Gasteiger partial charge in [-0.2, -0.15) is 0 Å². The van der Waals surface area contributed by atoms with Crippen molar-refractivity contribution < 1.29 is 33.8 Å². The van der Waals surface area contributed by atoms with Crippen molar-refractivity contribution in [2.24, 2.45) is 0 Å². The van der Waals surface area contributed by atoms with Gasteiger partial charge in [-0.1, -0.05) is 0 Å². The molecule has 0 heterocycles. The molecule has 10 heteroatoms. The average Bonchev–Trinajstić information content (AvgIpc) is 2.38. The Morgan fingerprint density at radius 1 is 0.885 bits per heavy atom. The van der Waals surface area contributed by atoms with Gasteiger partial charge in [-0.05, 0) is 48.5 Å². The van der Waals surface area contributed by atoms with Gasteiger partial charge in [0.05, 0.1) is 6.54 Å². The molecule has 0 aliphatic rings. The molecule has 10 nitrogen and oxygen atoms in total. The van der Waals surface area contributed by atoms with Gasteiger partial charge in [-0.3, -0.25) is 9.59 Å². The summed E-state index contributed by atoms with van der Waals surface area (Å²) in [5.74, 6) is -2.03. The van der Waals surface area contributed by atoms with Crippen LogP contribution in [0.2, 0.25) is 0 Å². The zero-order valence-electron chi connectivity index (χ0n) is 16.3. The number of aliphatic carboxylic acids is 1. The first-order valence-electron chi connectivity index (χ1n) is 8.10. The Hall–Kier alpha value is -2.52. The molecule has 0 rings (SSSR count). The van der Waals surface area contributed by atoms with Crippen LogP contribution in [0.25, 0.3) is 0 Å². The summed E-state index contributed by atoms with van der Waals surface area (Å²) in [5, 5.41) is 15.7. The number of amides is 3. The van der Waals surface area contributed by atoms with E-state index in [1.165, 1.54) is 6.92 Å². The van der Waals surface area contributed by atoms with Crippen molar-refractivity contribution in [1.82, 2.24) is 16.0 Å². The van der Waals surface area contributed by atoms with E-state index >= 15 is 0 Å². The predicted octanol–water partition coefficient (Wildman–Crippen LogP) is 0.994. The van der Waals surface area contributed by atoms with Crippen LogP contribution in [-0.2, 0) is 19.1 Å². The number of carbonyl (C=O) groups is 4. The lowest BCUT2D eigenvalue weighted by atomic mass is 10.2. The number of hydrogen-bond acceptors (Lipinski definition) is 6. The smallest absolute Gasteiger partial charge is 0.408 e. The van der Waals surface area contributed by atoms with Gasteiger partial charge in [0.1, 0.15) is 23.3 Å². The largest absolute Gasteiger partial charge is 0.480 e. The highest BCUT2D eigenvalue weighted by atomic mass is 16.6. The topological polar surface area (TPSA) is 143 Å². The maximum atomic E-state index is 12.2. The van der Waals surface area contributed by atoms with E-state index in [0.717, 1.165) is 0 Å². The number of carbonyl (C=O) groups excluding carboxylic acids is 3. The third-order valence-corrected chi connectivity index (χ3v) is 2.59. The fraction of sp³-hybridized carbons (Fsp3) is 0.750. The number of nitrogens with one attached hydrogen (secondary N) is 3. The standard InChI is InChI=1S/C16H29N3O7/c1-9(12(21)22)18-11(20)10(19-14(24)26-16(5,6)7)8-17-13(23)25-15(2,3)4/h9-10H,8H2,1-7H3,(H,17,23)(H,18,20)(H,19,24)(H,21,22). The van der Waals surface area contributed by atoms with E-state index in [1.807, 2.05) is 0 Å². The number of carboxylic acid groups (broad SMARTS) is 1. The molecule has 2 atom stereocenters. The minimum atomic E-state index is -1.25. The van der Waals surface area contributed by atoms with E-state index in [2.05, 4.69) is 16.0 Å². The molecule has 4 N–H and O–H groups in total. The molecule has 0 saturated heterocycles. The average molecular weight is 375 g/mol. The molecular formula is C16H29N3O7. The van der Waals surface area contributed by atoms with Gasteiger partial charge >= 0.3 is 18.2 Å². The van der Waals surface area contributed by atoms with E-state index in [1.54, 1.807) is 41.5 Å². The summed E-state index contributed by atoms with van der Waals surface area (Å²) in [6.45, 7) is 10.9. The maximum Gasteiger partial charge on any atom is 0.408 e. The van der Waals surface area contributed by atoms with Crippen LogP contribution in [0.1, 0.15) is 48.5 Å². The second-order valence-corrected chi connectivity index (χ2v) is 7.65. The molecule has 0 radical (unpaired) electrons. The minimum Gasteiger partial charge on any atom is -0.480 e. The quantitative estimate of drug-likeness (QED) is 0.542. The molecule has 0 aliphatic heterocycles. The summed E-state index contributed by atoms with van der Waals surface area (Å²) in [5.41, 5.74) is -1.53. The van der Waals surface area contributed by atoms with Crippen LogP contribution >= 0.6 is 0 Å². The molecular weight excluding hydrogens is 346 g/mol. The Morgan fingerprint density at radius 3 is 1.77 bits per heavy atom. The zero-order valence-corrected chi connectivity index (χ0v) is 16.3. The van der Waals surface area contributed by atoms with Crippen molar-refractivity contribution >= 4 is 24.1 Å². The molecule has 0 spiro atoms. The molecule has 0 aromatic heterocycles. The Morgan fingerprint density at radius 2 is 1.35 bits per heavy atom. The van der Waals surface area contributed by atoms with Crippen molar-refractivity contribution in [2.75, 3.05) is 6.54 Å². The van der Waals surface area contributed by atoms with Crippen LogP contribution in [0.15, 0.2) is 0 Å². The minimum absolute atomic E-state index is 0.313. The summed E-state index contributed by atoms with van der Waals surface area (Å²) in [6.07, 6.45) is -1.67. The molecule has 0 fully saturated rings. The van der Waals surface area contributed by atoms with E-state index in [4.69, 9.17) is 14.6 Å². The lowest BCUT2D eigenvalue weighted by molar-refractivity contribution is -0.141. The number of ether oxygens (including phenoxy) is 2. The Kier molecular flexibility index (Phi) is 8.36. The van der Waals surface area contributed by atoms with Crippen LogP contribution < -0.4 is 16.0 Å².